The molecule has 1 fully saturated rings. The van der Waals surface area contributed by atoms with Gasteiger partial charge in [0, 0.05) is 25.7 Å². The second kappa shape index (κ2) is 6.95. The van der Waals surface area contributed by atoms with Crippen molar-refractivity contribution in [3.63, 3.8) is 0 Å². The second-order valence-corrected chi connectivity index (χ2v) is 5.64. The van der Waals surface area contributed by atoms with E-state index in [1.54, 1.807) is 0 Å². The molecule has 0 aromatic rings. The molecular formula is C13H26N4. The molecule has 0 saturated carbocycles. The van der Waals surface area contributed by atoms with Gasteiger partial charge >= 0.3 is 0 Å². The Labute approximate surface area is 106 Å². The molecule has 0 bridgehead atoms. The van der Waals surface area contributed by atoms with Crippen LogP contribution in [0.2, 0.25) is 0 Å². The third-order valence-corrected chi connectivity index (χ3v) is 3.24. The molecule has 1 rings (SSSR count). The maximum absolute atomic E-state index is 9.08. The molecule has 2 unspecified atom stereocenters. The van der Waals surface area contributed by atoms with Crippen molar-refractivity contribution < 1.29 is 0 Å². The van der Waals surface area contributed by atoms with E-state index >= 15 is 0 Å². The van der Waals surface area contributed by atoms with Gasteiger partial charge in [0.05, 0.1) is 6.07 Å². The summed E-state index contributed by atoms with van der Waals surface area (Å²) in [6, 6.07) is 2.64. The van der Waals surface area contributed by atoms with Crippen molar-refractivity contribution in [2.75, 3.05) is 40.3 Å². The van der Waals surface area contributed by atoms with Gasteiger partial charge in [0.1, 0.15) is 6.04 Å². The third kappa shape index (κ3) is 5.49. The summed E-state index contributed by atoms with van der Waals surface area (Å²) < 4.78 is 0. The Morgan fingerprint density at radius 2 is 2.24 bits per heavy atom. The van der Waals surface area contributed by atoms with E-state index in [0.717, 1.165) is 19.0 Å². The fraction of sp³-hybridized carbons (Fsp3) is 0.923. The van der Waals surface area contributed by atoms with Crippen LogP contribution >= 0.6 is 0 Å². The van der Waals surface area contributed by atoms with E-state index in [0.29, 0.717) is 6.04 Å². The van der Waals surface area contributed by atoms with Gasteiger partial charge in [0.15, 0.2) is 0 Å². The molecule has 0 aromatic carbocycles. The van der Waals surface area contributed by atoms with Gasteiger partial charge in [-0.25, -0.2) is 0 Å². The highest BCUT2D eigenvalue weighted by Gasteiger charge is 2.21. The fourth-order valence-electron chi connectivity index (χ4n) is 2.54. The maximum atomic E-state index is 9.08. The SMILES string of the molecule is CC(C)NC(C#N)CN(C)CC1CCN(C)C1. The van der Waals surface area contributed by atoms with E-state index in [9.17, 15) is 0 Å². The van der Waals surface area contributed by atoms with Crippen molar-refractivity contribution in [3.05, 3.63) is 0 Å². The standard InChI is InChI=1S/C13H26N4/c1-11(2)15-13(7-14)10-17(4)9-12-5-6-16(3)8-12/h11-13,15H,5-6,8-10H2,1-4H3. The van der Waals surface area contributed by atoms with Gasteiger partial charge in [-0.2, -0.15) is 5.26 Å². The van der Waals surface area contributed by atoms with Crippen molar-refractivity contribution in [2.24, 2.45) is 5.92 Å². The monoisotopic (exact) mass is 238 g/mol. The van der Waals surface area contributed by atoms with Gasteiger partial charge < -0.3 is 9.80 Å². The Hall–Kier alpha value is -0.630. The topological polar surface area (TPSA) is 42.3 Å². The van der Waals surface area contributed by atoms with Crippen LogP contribution < -0.4 is 5.32 Å². The molecule has 1 aliphatic rings. The number of rotatable bonds is 6. The fourth-order valence-corrected chi connectivity index (χ4v) is 2.54. The summed E-state index contributed by atoms with van der Waals surface area (Å²) >= 11 is 0. The molecule has 0 spiro atoms. The summed E-state index contributed by atoms with van der Waals surface area (Å²) in [5.41, 5.74) is 0. The first-order chi connectivity index (χ1) is 8.01. The molecule has 17 heavy (non-hydrogen) atoms. The van der Waals surface area contributed by atoms with Gasteiger partial charge in [-0.15, -0.1) is 0 Å². The van der Waals surface area contributed by atoms with Crippen molar-refractivity contribution in [1.29, 1.82) is 5.26 Å². The molecule has 0 aromatic heterocycles. The van der Waals surface area contributed by atoms with E-state index in [2.05, 4.69) is 49.1 Å². The summed E-state index contributed by atoms with van der Waals surface area (Å²) in [5, 5.41) is 12.4. The van der Waals surface area contributed by atoms with Gasteiger partial charge in [-0.1, -0.05) is 0 Å². The number of hydrogen-bond donors (Lipinski definition) is 1. The molecule has 1 heterocycles. The van der Waals surface area contributed by atoms with Gasteiger partial charge in [-0.05, 0) is 46.8 Å². The number of likely N-dealkylation sites (tertiary alicyclic amines) is 1. The van der Waals surface area contributed by atoms with Crippen LogP contribution in [0.4, 0.5) is 0 Å². The summed E-state index contributed by atoms with van der Waals surface area (Å²) in [5.74, 6) is 0.767. The van der Waals surface area contributed by atoms with Crippen LogP contribution in [-0.4, -0.2) is 62.2 Å². The van der Waals surface area contributed by atoms with Crippen molar-refractivity contribution in [2.45, 2.75) is 32.4 Å². The first kappa shape index (κ1) is 14.4. The van der Waals surface area contributed by atoms with Gasteiger partial charge in [0.2, 0.25) is 0 Å². The lowest BCUT2D eigenvalue weighted by Crippen LogP contribution is -2.43. The highest BCUT2D eigenvalue weighted by Crippen LogP contribution is 2.15. The summed E-state index contributed by atoms with van der Waals surface area (Å²) in [7, 11) is 4.29. The Morgan fingerprint density at radius 1 is 1.53 bits per heavy atom. The number of likely N-dealkylation sites (N-methyl/N-ethyl adjacent to an activating group) is 1. The molecule has 4 nitrogen and oxygen atoms in total. The first-order valence-electron chi connectivity index (χ1n) is 6.54. The number of nitriles is 1. The average Bonchev–Trinajstić information content (AvgIpc) is 2.62. The van der Waals surface area contributed by atoms with Crippen molar-refractivity contribution in [3.8, 4) is 6.07 Å². The lowest BCUT2D eigenvalue weighted by atomic mass is 10.1. The molecule has 0 amide bonds. The van der Waals surface area contributed by atoms with E-state index in [1.807, 2.05) is 0 Å². The first-order valence-corrected chi connectivity index (χ1v) is 6.54. The lowest BCUT2D eigenvalue weighted by Gasteiger charge is -2.24. The zero-order valence-corrected chi connectivity index (χ0v) is 11.6. The van der Waals surface area contributed by atoms with E-state index < -0.39 is 0 Å². The van der Waals surface area contributed by atoms with Crippen LogP contribution in [0, 0.1) is 17.2 Å². The van der Waals surface area contributed by atoms with Crippen molar-refractivity contribution >= 4 is 0 Å². The summed E-state index contributed by atoms with van der Waals surface area (Å²) in [6.07, 6.45) is 1.29. The summed E-state index contributed by atoms with van der Waals surface area (Å²) in [6.45, 7) is 8.48. The molecule has 1 N–H and O–H groups in total. The van der Waals surface area contributed by atoms with Crippen LogP contribution in [0.25, 0.3) is 0 Å². The third-order valence-electron chi connectivity index (χ3n) is 3.24. The van der Waals surface area contributed by atoms with Gasteiger partial charge in [-0.3, -0.25) is 5.32 Å². The second-order valence-electron chi connectivity index (χ2n) is 5.64. The molecule has 2 atom stereocenters. The predicted octanol–water partition coefficient (Wildman–Crippen LogP) is 0.760. The largest absolute Gasteiger partial charge is 0.306 e. The Balaban J connectivity index is 2.28. The molecule has 4 heteroatoms. The molecule has 0 radical (unpaired) electrons. The highest BCUT2D eigenvalue weighted by atomic mass is 15.2. The van der Waals surface area contributed by atoms with Crippen LogP contribution in [0.5, 0.6) is 0 Å². The molecule has 1 saturated heterocycles. The highest BCUT2D eigenvalue weighted by molar-refractivity contribution is 4.93. The minimum Gasteiger partial charge on any atom is -0.306 e. The zero-order chi connectivity index (χ0) is 12.8. The van der Waals surface area contributed by atoms with E-state index in [1.165, 1.54) is 19.5 Å². The van der Waals surface area contributed by atoms with Crippen molar-refractivity contribution in [1.82, 2.24) is 15.1 Å². The lowest BCUT2D eigenvalue weighted by molar-refractivity contribution is 0.257. The van der Waals surface area contributed by atoms with Crippen LogP contribution in [0.1, 0.15) is 20.3 Å². The summed E-state index contributed by atoms with van der Waals surface area (Å²) in [4.78, 5) is 4.67. The Kier molecular flexibility index (Phi) is 5.90. The minimum absolute atomic E-state index is 0.0564. The predicted molar refractivity (Wildman–Crippen MR) is 70.8 cm³/mol. The molecule has 0 aliphatic carbocycles. The maximum Gasteiger partial charge on any atom is 0.108 e. The Bertz CT molecular complexity index is 259. The number of nitrogens with one attached hydrogen (secondary N) is 1. The van der Waals surface area contributed by atoms with Crippen LogP contribution in [-0.2, 0) is 0 Å². The zero-order valence-electron chi connectivity index (χ0n) is 11.6. The van der Waals surface area contributed by atoms with Crippen LogP contribution in [0.3, 0.4) is 0 Å². The van der Waals surface area contributed by atoms with E-state index in [-0.39, 0.29) is 6.04 Å². The number of hydrogen-bond acceptors (Lipinski definition) is 4. The molecule has 98 valence electrons. The molecular weight excluding hydrogens is 212 g/mol. The van der Waals surface area contributed by atoms with Gasteiger partial charge in [0.25, 0.3) is 0 Å². The average molecular weight is 238 g/mol. The quantitative estimate of drug-likeness (QED) is 0.742. The van der Waals surface area contributed by atoms with Crippen LogP contribution in [0.15, 0.2) is 0 Å². The Morgan fingerprint density at radius 3 is 2.71 bits per heavy atom. The van der Waals surface area contributed by atoms with E-state index in [4.69, 9.17) is 5.26 Å². The molecule has 1 aliphatic heterocycles. The normalized spacial score (nSPS) is 23.2. The number of nitrogens with zero attached hydrogens (tertiary/aromatic N) is 3. The smallest absolute Gasteiger partial charge is 0.108 e. The minimum atomic E-state index is -0.0564.